The highest BCUT2D eigenvalue weighted by atomic mass is 14.5. The molecule has 4 N–H and O–H groups in total. The molecule has 2 heteroatoms. The van der Waals surface area contributed by atoms with Gasteiger partial charge in [-0.3, -0.25) is 0 Å². The highest BCUT2D eigenvalue weighted by Crippen LogP contribution is 2.05. The molecule has 2 aromatic carbocycles. The minimum Gasteiger partial charge on any atom is -0.399 e. The molecule has 0 aliphatic heterocycles. The molecule has 0 bridgehead atoms. The van der Waals surface area contributed by atoms with Crippen LogP contribution in [0.15, 0.2) is 48.5 Å². The summed E-state index contributed by atoms with van der Waals surface area (Å²) in [6, 6.07) is 14.8. The van der Waals surface area contributed by atoms with Crippen molar-refractivity contribution in [2.24, 2.45) is 0 Å². The van der Waals surface area contributed by atoms with Gasteiger partial charge in [0.15, 0.2) is 0 Å². The molecule has 0 spiro atoms. The van der Waals surface area contributed by atoms with E-state index in [1.165, 1.54) is 0 Å². The second-order valence-electron chi connectivity index (χ2n) is 3.75. The number of nitrogens with two attached hydrogens (primary N) is 2. The molecule has 0 saturated carbocycles. The normalized spacial score (nSPS) is 8.67. The molecule has 0 aliphatic rings. The number of rotatable bonds is 0. The smallest absolute Gasteiger partial charge is 0.0326 e. The zero-order valence-electron chi connectivity index (χ0n) is 9.77. The van der Waals surface area contributed by atoms with E-state index >= 15 is 0 Å². The molecule has 0 aromatic heterocycles. The Bertz CT molecular complexity index is 618. The maximum absolute atomic E-state index is 5.65. The van der Waals surface area contributed by atoms with Crippen LogP contribution in [0.25, 0.3) is 0 Å². The predicted molar refractivity (Wildman–Crippen MR) is 75.5 cm³/mol. The van der Waals surface area contributed by atoms with E-state index in [2.05, 4.69) is 23.7 Å². The Morgan fingerprint density at radius 2 is 1.11 bits per heavy atom. The van der Waals surface area contributed by atoms with Crippen molar-refractivity contribution in [3.63, 3.8) is 0 Å². The van der Waals surface area contributed by atoms with Crippen LogP contribution in [0.2, 0.25) is 0 Å². The van der Waals surface area contributed by atoms with Crippen LogP contribution in [-0.4, -0.2) is 0 Å². The molecule has 2 nitrogen and oxygen atoms in total. The van der Waals surface area contributed by atoms with Gasteiger partial charge in [-0.15, -0.1) is 0 Å². The minimum absolute atomic E-state index is 0.700. The molecule has 0 unspecified atom stereocenters. The molecule has 2 rings (SSSR count). The van der Waals surface area contributed by atoms with Gasteiger partial charge in [-0.05, 0) is 48.2 Å². The summed E-state index contributed by atoms with van der Waals surface area (Å²) in [6.45, 7) is 0. The summed E-state index contributed by atoms with van der Waals surface area (Å²) in [7, 11) is 0. The average molecular weight is 232 g/mol. The van der Waals surface area contributed by atoms with Crippen molar-refractivity contribution in [3.8, 4) is 23.7 Å². The summed E-state index contributed by atoms with van der Waals surface area (Å²) in [4.78, 5) is 0. The second kappa shape index (κ2) is 5.48. The first kappa shape index (κ1) is 11.6. The lowest BCUT2D eigenvalue weighted by Gasteiger charge is -1.91. The Hall–Kier alpha value is -2.84. The van der Waals surface area contributed by atoms with Crippen molar-refractivity contribution in [2.45, 2.75) is 0 Å². The molecule has 0 fully saturated rings. The summed E-state index contributed by atoms with van der Waals surface area (Å²) in [5.74, 6) is 11.4. The molecular formula is C16H12N2. The summed E-state index contributed by atoms with van der Waals surface area (Å²) in [5, 5.41) is 0. The van der Waals surface area contributed by atoms with Gasteiger partial charge in [0.1, 0.15) is 0 Å². The Balaban J connectivity index is 2.14. The summed E-state index contributed by atoms with van der Waals surface area (Å²) < 4.78 is 0. The Morgan fingerprint density at radius 3 is 1.50 bits per heavy atom. The first-order valence-electron chi connectivity index (χ1n) is 5.47. The number of hydrogen-bond acceptors (Lipinski definition) is 2. The summed E-state index contributed by atoms with van der Waals surface area (Å²) in [6.07, 6.45) is 0. The third-order valence-corrected chi connectivity index (χ3v) is 2.25. The van der Waals surface area contributed by atoms with Gasteiger partial charge in [0.05, 0.1) is 0 Å². The fourth-order valence-corrected chi connectivity index (χ4v) is 1.44. The van der Waals surface area contributed by atoms with Gasteiger partial charge in [0, 0.05) is 22.5 Å². The van der Waals surface area contributed by atoms with E-state index in [9.17, 15) is 0 Å². The van der Waals surface area contributed by atoms with Gasteiger partial charge < -0.3 is 11.5 Å². The van der Waals surface area contributed by atoms with Crippen molar-refractivity contribution in [2.75, 3.05) is 11.5 Å². The lowest BCUT2D eigenvalue weighted by molar-refractivity contribution is 1.63. The van der Waals surface area contributed by atoms with Gasteiger partial charge in [-0.25, -0.2) is 0 Å². The molecule has 0 amide bonds. The highest BCUT2D eigenvalue weighted by molar-refractivity contribution is 5.51. The third-order valence-electron chi connectivity index (χ3n) is 2.25. The first-order chi connectivity index (χ1) is 8.74. The van der Waals surface area contributed by atoms with E-state index in [0.717, 1.165) is 11.1 Å². The maximum Gasteiger partial charge on any atom is 0.0326 e. The van der Waals surface area contributed by atoms with Crippen molar-refractivity contribution in [1.82, 2.24) is 0 Å². The van der Waals surface area contributed by atoms with Crippen LogP contribution >= 0.6 is 0 Å². The first-order valence-corrected chi connectivity index (χ1v) is 5.47. The summed E-state index contributed by atoms with van der Waals surface area (Å²) >= 11 is 0. The molecule has 86 valence electrons. The SMILES string of the molecule is Nc1cccc(C#CC#Cc2cccc(N)c2)c1. The molecule has 0 saturated heterocycles. The topological polar surface area (TPSA) is 52.0 Å². The monoisotopic (exact) mass is 232 g/mol. The van der Waals surface area contributed by atoms with Crippen LogP contribution in [0, 0.1) is 23.7 Å². The van der Waals surface area contributed by atoms with E-state index < -0.39 is 0 Å². The van der Waals surface area contributed by atoms with Gasteiger partial charge in [0.2, 0.25) is 0 Å². The maximum atomic E-state index is 5.65. The minimum atomic E-state index is 0.700. The molecule has 0 heterocycles. The zero-order valence-corrected chi connectivity index (χ0v) is 9.77. The fourth-order valence-electron chi connectivity index (χ4n) is 1.44. The van der Waals surface area contributed by atoms with Crippen LogP contribution in [-0.2, 0) is 0 Å². The fraction of sp³-hybridized carbons (Fsp3) is 0. The third kappa shape index (κ3) is 3.33. The quantitative estimate of drug-likeness (QED) is 0.540. The predicted octanol–water partition coefficient (Wildman–Crippen LogP) is 2.25. The van der Waals surface area contributed by atoms with E-state index in [1.807, 2.05) is 48.5 Å². The molecule has 0 atom stereocenters. The Kier molecular flexibility index (Phi) is 3.54. The standard InChI is InChI=1S/C16H12N2/c17-15-9-3-7-13(11-15)5-1-2-6-14-8-4-10-16(18)12-14/h3-4,7-12H,17-18H2. The lowest BCUT2D eigenvalue weighted by Crippen LogP contribution is -1.84. The number of benzene rings is 2. The largest absolute Gasteiger partial charge is 0.399 e. The summed E-state index contributed by atoms with van der Waals surface area (Å²) in [5.41, 5.74) is 14.4. The average Bonchev–Trinajstić information content (AvgIpc) is 2.35. The molecule has 0 radical (unpaired) electrons. The van der Waals surface area contributed by atoms with Crippen LogP contribution in [0.3, 0.4) is 0 Å². The van der Waals surface area contributed by atoms with Crippen molar-refractivity contribution >= 4 is 11.4 Å². The van der Waals surface area contributed by atoms with Crippen LogP contribution in [0.1, 0.15) is 11.1 Å². The molecule has 2 aromatic rings. The van der Waals surface area contributed by atoms with Gasteiger partial charge in [-0.1, -0.05) is 24.0 Å². The number of hydrogen-bond donors (Lipinski definition) is 2. The van der Waals surface area contributed by atoms with Gasteiger partial charge >= 0.3 is 0 Å². The van der Waals surface area contributed by atoms with Crippen LogP contribution in [0.4, 0.5) is 11.4 Å². The van der Waals surface area contributed by atoms with Gasteiger partial charge in [-0.2, -0.15) is 0 Å². The van der Waals surface area contributed by atoms with E-state index in [-0.39, 0.29) is 0 Å². The molecule has 0 aliphatic carbocycles. The van der Waals surface area contributed by atoms with Crippen LogP contribution in [0.5, 0.6) is 0 Å². The Labute approximate surface area is 107 Å². The molecule has 18 heavy (non-hydrogen) atoms. The Morgan fingerprint density at radius 1 is 0.667 bits per heavy atom. The van der Waals surface area contributed by atoms with Gasteiger partial charge in [0.25, 0.3) is 0 Å². The van der Waals surface area contributed by atoms with Crippen molar-refractivity contribution < 1.29 is 0 Å². The van der Waals surface area contributed by atoms with E-state index in [0.29, 0.717) is 11.4 Å². The van der Waals surface area contributed by atoms with Crippen LogP contribution < -0.4 is 11.5 Å². The van der Waals surface area contributed by atoms with Crippen molar-refractivity contribution in [3.05, 3.63) is 59.7 Å². The van der Waals surface area contributed by atoms with E-state index in [1.54, 1.807) is 0 Å². The zero-order chi connectivity index (χ0) is 12.8. The second-order valence-corrected chi connectivity index (χ2v) is 3.75. The highest BCUT2D eigenvalue weighted by Gasteiger charge is 1.87. The molecular weight excluding hydrogens is 220 g/mol. The van der Waals surface area contributed by atoms with Crippen molar-refractivity contribution in [1.29, 1.82) is 0 Å². The van der Waals surface area contributed by atoms with E-state index in [4.69, 9.17) is 11.5 Å². The number of anilines is 2. The lowest BCUT2D eigenvalue weighted by atomic mass is 10.2. The number of nitrogen functional groups attached to an aromatic ring is 2.